The molecule has 0 N–H and O–H groups in total. The van der Waals surface area contributed by atoms with Crippen LogP contribution in [0.5, 0.6) is 5.75 Å². The first-order chi connectivity index (χ1) is 10.2. The maximum Gasteiger partial charge on any atom is 0.187 e. The Morgan fingerprint density at radius 3 is 2.57 bits per heavy atom. The van der Waals surface area contributed by atoms with Gasteiger partial charge in [-0.2, -0.15) is 0 Å². The summed E-state index contributed by atoms with van der Waals surface area (Å²) < 4.78 is 30.8. The zero-order chi connectivity index (χ0) is 14.7. The normalized spacial score (nSPS) is 15.3. The fourth-order valence-electron chi connectivity index (χ4n) is 2.13. The Balaban J connectivity index is 1.83. The fraction of sp³-hybridized carbons (Fsp3) is 0.250. The molecular formula is C16H14BrFO3. The maximum atomic E-state index is 13.8. The molecule has 1 aliphatic rings. The number of hydrogen-bond acceptors (Lipinski definition) is 3. The Hall–Kier alpha value is -1.43. The molecule has 5 heteroatoms. The summed E-state index contributed by atoms with van der Waals surface area (Å²) >= 11 is 3.18. The summed E-state index contributed by atoms with van der Waals surface area (Å²) in [4.78, 5) is 0. The van der Waals surface area contributed by atoms with E-state index in [1.165, 1.54) is 6.07 Å². The third-order valence-corrected chi connectivity index (χ3v) is 3.77. The van der Waals surface area contributed by atoms with Crippen molar-refractivity contribution < 1.29 is 18.6 Å². The van der Waals surface area contributed by atoms with Crippen LogP contribution in [0.3, 0.4) is 0 Å². The van der Waals surface area contributed by atoms with Crippen molar-refractivity contribution >= 4 is 15.9 Å². The SMILES string of the molecule is Fc1cc(OCc2ccccc2)c(C2OCCO2)cc1Br. The van der Waals surface area contributed by atoms with Crippen LogP contribution in [0.25, 0.3) is 0 Å². The summed E-state index contributed by atoms with van der Waals surface area (Å²) in [6, 6.07) is 12.7. The topological polar surface area (TPSA) is 27.7 Å². The van der Waals surface area contributed by atoms with Gasteiger partial charge in [0, 0.05) is 6.07 Å². The molecule has 2 aromatic rings. The monoisotopic (exact) mass is 352 g/mol. The van der Waals surface area contributed by atoms with Crippen LogP contribution in [0.2, 0.25) is 0 Å². The third-order valence-electron chi connectivity index (χ3n) is 3.17. The van der Waals surface area contributed by atoms with Crippen LogP contribution < -0.4 is 4.74 Å². The van der Waals surface area contributed by atoms with E-state index in [-0.39, 0.29) is 5.82 Å². The highest BCUT2D eigenvalue weighted by atomic mass is 79.9. The first-order valence-corrected chi connectivity index (χ1v) is 7.42. The molecule has 1 fully saturated rings. The molecule has 0 amide bonds. The van der Waals surface area contributed by atoms with E-state index in [4.69, 9.17) is 14.2 Å². The lowest BCUT2D eigenvalue weighted by molar-refractivity contribution is -0.0459. The summed E-state index contributed by atoms with van der Waals surface area (Å²) in [7, 11) is 0. The number of halogens is 2. The molecule has 2 aromatic carbocycles. The van der Waals surface area contributed by atoms with Crippen LogP contribution in [0.15, 0.2) is 46.9 Å². The molecule has 0 spiro atoms. The first kappa shape index (κ1) is 14.5. The zero-order valence-corrected chi connectivity index (χ0v) is 12.8. The van der Waals surface area contributed by atoms with E-state index in [1.54, 1.807) is 6.07 Å². The molecule has 0 radical (unpaired) electrons. The molecule has 0 bridgehead atoms. The van der Waals surface area contributed by atoms with Gasteiger partial charge in [-0.05, 0) is 27.6 Å². The van der Waals surface area contributed by atoms with Gasteiger partial charge in [0.15, 0.2) is 6.29 Å². The quantitative estimate of drug-likeness (QED) is 0.824. The molecule has 1 saturated heterocycles. The van der Waals surface area contributed by atoms with E-state index in [0.29, 0.717) is 35.6 Å². The van der Waals surface area contributed by atoms with Gasteiger partial charge in [0.2, 0.25) is 0 Å². The van der Waals surface area contributed by atoms with Crippen LogP contribution >= 0.6 is 15.9 Å². The molecule has 0 unspecified atom stereocenters. The molecule has 1 heterocycles. The van der Waals surface area contributed by atoms with E-state index >= 15 is 0 Å². The van der Waals surface area contributed by atoms with Gasteiger partial charge in [0.25, 0.3) is 0 Å². The van der Waals surface area contributed by atoms with Crippen molar-refractivity contribution in [1.29, 1.82) is 0 Å². The molecule has 21 heavy (non-hydrogen) atoms. The highest BCUT2D eigenvalue weighted by Gasteiger charge is 2.24. The summed E-state index contributed by atoms with van der Waals surface area (Å²) in [5, 5.41) is 0. The summed E-state index contributed by atoms with van der Waals surface area (Å²) in [6.45, 7) is 1.41. The van der Waals surface area contributed by atoms with Crippen molar-refractivity contribution in [3.63, 3.8) is 0 Å². The van der Waals surface area contributed by atoms with E-state index in [2.05, 4.69) is 15.9 Å². The van der Waals surface area contributed by atoms with Gasteiger partial charge in [-0.3, -0.25) is 0 Å². The van der Waals surface area contributed by atoms with Crippen molar-refractivity contribution in [3.8, 4) is 5.75 Å². The van der Waals surface area contributed by atoms with Gasteiger partial charge < -0.3 is 14.2 Å². The lowest BCUT2D eigenvalue weighted by Crippen LogP contribution is -2.05. The van der Waals surface area contributed by atoms with E-state index in [0.717, 1.165) is 5.56 Å². The minimum Gasteiger partial charge on any atom is -0.488 e. The predicted molar refractivity (Wildman–Crippen MR) is 79.5 cm³/mol. The molecule has 0 aromatic heterocycles. The van der Waals surface area contributed by atoms with Gasteiger partial charge >= 0.3 is 0 Å². The number of rotatable bonds is 4. The van der Waals surface area contributed by atoms with Crippen molar-refractivity contribution in [1.82, 2.24) is 0 Å². The highest BCUT2D eigenvalue weighted by Crippen LogP contribution is 2.35. The van der Waals surface area contributed by atoms with Crippen molar-refractivity contribution in [3.05, 3.63) is 63.9 Å². The van der Waals surface area contributed by atoms with Crippen LogP contribution in [-0.2, 0) is 16.1 Å². The van der Waals surface area contributed by atoms with Crippen LogP contribution in [0.4, 0.5) is 4.39 Å². The van der Waals surface area contributed by atoms with Crippen LogP contribution in [0, 0.1) is 5.82 Å². The molecule has 1 aliphatic heterocycles. The van der Waals surface area contributed by atoms with E-state index < -0.39 is 6.29 Å². The van der Waals surface area contributed by atoms with Gasteiger partial charge in [0.05, 0.1) is 23.2 Å². The number of benzene rings is 2. The predicted octanol–water partition coefficient (Wildman–Crippen LogP) is 4.21. The van der Waals surface area contributed by atoms with Crippen molar-refractivity contribution in [2.75, 3.05) is 13.2 Å². The average Bonchev–Trinajstić information content (AvgIpc) is 3.03. The average molecular weight is 353 g/mol. The van der Waals surface area contributed by atoms with Crippen molar-refractivity contribution in [2.45, 2.75) is 12.9 Å². The fourth-order valence-corrected chi connectivity index (χ4v) is 2.49. The molecular weight excluding hydrogens is 339 g/mol. The smallest absolute Gasteiger partial charge is 0.187 e. The zero-order valence-electron chi connectivity index (χ0n) is 11.2. The lowest BCUT2D eigenvalue weighted by Gasteiger charge is -2.16. The standard InChI is InChI=1S/C16H14BrFO3/c17-13-8-12(16-19-6-7-20-16)15(9-14(13)18)21-10-11-4-2-1-3-5-11/h1-5,8-9,16H,6-7,10H2. The van der Waals surface area contributed by atoms with Gasteiger partial charge in [-0.1, -0.05) is 30.3 Å². The molecule has 3 nitrogen and oxygen atoms in total. The minimum atomic E-state index is -0.507. The third kappa shape index (κ3) is 3.43. The van der Waals surface area contributed by atoms with Gasteiger partial charge in [0.1, 0.15) is 18.2 Å². The Kier molecular flexibility index (Phi) is 4.53. The van der Waals surface area contributed by atoms with E-state index in [1.807, 2.05) is 30.3 Å². The molecule has 0 aliphatic carbocycles. The van der Waals surface area contributed by atoms with Crippen LogP contribution in [-0.4, -0.2) is 13.2 Å². The Labute approximate surface area is 130 Å². The molecule has 0 atom stereocenters. The minimum absolute atomic E-state index is 0.363. The summed E-state index contributed by atoms with van der Waals surface area (Å²) in [6.07, 6.45) is -0.507. The second kappa shape index (κ2) is 6.56. The first-order valence-electron chi connectivity index (χ1n) is 6.63. The van der Waals surface area contributed by atoms with E-state index in [9.17, 15) is 4.39 Å². The number of ether oxygens (including phenoxy) is 3. The van der Waals surface area contributed by atoms with Gasteiger partial charge in [-0.25, -0.2) is 4.39 Å². The summed E-state index contributed by atoms with van der Waals surface area (Å²) in [5.41, 5.74) is 1.71. The maximum absolute atomic E-state index is 13.8. The largest absolute Gasteiger partial charge is 0.488 e. The lowest BCUT2D eigenvalue weighted by atomic mass is 10.2. The number of hydrogen-bond donors (Lipinski definition) is 0. The van der Waals surface area contributed by atoms with Gasteiger partial charge in [-0.15, -0.1) is 0 Å². The Morgan fingerprint density at radius 2 is 1.86 bits per heavy atom. The Morgan fingerprint density at radius 1 is 1.14 bits per heavy atom. The van der Waals surface area contributed by atoms with Crippen LogP contribution in [0.1, 0.15) is 17.4 Å². The molecule has 3 rings (SSSR count). The Bertz CT molecular complexity index is 612. The summed E-state index contributed by atoms with van der Waals surface area (Å²) in [5.74, 6) is 0.0614. The highest BCUT2D eigenvalue weighted by molar-refractivity contribution is 9.10. The molecule has 0 saturated carbocycles. The molecule has 110 valence electrons. The van der Waals surface area contributed by atoms with Crippen molar-refractivity contribution in [2.24, 2.45) is 0 Å². The second-order valence-electron chi connectivity index (χ2n) is 4.65. The second-order valence-corrected chi connectivity index (χ2v) is 5.51.